The Morgan fingerprint density at radius 2 is 2.00 bits per heavy atom. The van der Waals surface area contributed by atoms with Gasteiger partial charge in [-0.1, -0.05) is 30.3 Å². The molecule has 0 spiro atoms. The van der Waals surface area contributed by atoms with E-state index < -0.39 is 5.91 Å². The van der Waals surface area contributed by atoms with E-state index in [1.54, 1.807) is 35.6 Å². The van der Waals surface area contributed by atoms with Crippen molar-refractivity contribution in [3.05, 3.63) is 91.6 Å². The van der Waals surface area contributed by atoms with Gasteiger partial charge in [0, 0.05) is 10.4 Å². The normalized spacial score (nSPS) is 10.7. The van der Waals surface area contributed by atoms with Crippen molar-refractivity contribution in [1.82, 2.24) is 5.32 Å². The zero-order chi connectivity index (χ0) is 21.3. The number of hydrogen-bond acceptors (Lipinski definition) is 5. The molecule has 1 heterocycles. The highest BCUT2D eigenvalue weighted by molar-refractivity contribution is 9.10. The minimum absolute atomic E-state index is 0.0232. The van der Waals surface area contributed by atoms with E-state index in [1.165, 1.54) is 6.08 Å². The molecule has 5 nitrogen and oxygen atoms in total. The number of amides is 1. The van der Waals surface area contributed by atoms with E-state index in [9.17, 15) is 15.3 Å². The highest BCUT2D eigenvalue weighted by Crippen LogP contribution is 2.28. The predicted molar refractivity (Wildman–Crippen MR) is 119 cm³/mol. The molecule has 148 valence electrons. The number of thiophene rings is 1. The lowest BCUT2D eigenvalue weighted by molar-refractivity contribution is -0.117. The largest absolute Gasteiger partial charge is 0.488 e. The molecule has 3 aromatic rings. The molecule has 1 aromatic heterocycles. The van der Waals surface area contributed by atoms with Crippen LogP contribution in [-0.4, -0.2) is 5.91 Å². The Balaban J connectivity index is 1.68. The summed E-state index contributed by atoms with van der Waals surface area (Å²) in [5.74, 6) is 0.177. The maximum Gasteiger partial charge on any atom is 0.262 e. The van der Waals surface area contributed by atoms with E-state index in [1.807, 2.05) is 41.8 Å². The first-order chi connectivity index (χ1) is 14.6. The summed E-state index contributed by atoms with van der Waals surface area (Å²) in [6, 6.07) is 20.5. The quantitative estimate of drug-likeness (QED) is 0.374. The van der Waals surface area contributed by atoms with Crippen LogP contribution in [0.5, 0.6) is 5.75 Å². The smallest absolute Gasteiger partial charge is 0.262 e. The van der Waals surface area contributed by atoms with Crippen molar-refractivity contribution in [1.29, 1.82) is 10.5 Å². The van der Waals surface area contributed by atoms with Crippen molar-refractivity contribution in [3.8, 4) is 17.9 Å². The first-order valence-electron chi connectivity index (χ1n) is 8.93. The maximum atomic E-state index is 12.3. The molecule has 0 radical (unpaired) electrons. The van der Waals surface area contributed by atoms with Gasteiger partial charge in [0.1, 0.15) is 24.0 Å². The number of hydrogen-bond donors (Lipinski definition) is 1. The van der Waals surface area contributed by atoms with Crippen LogP contribution in [0.15, 0.2) is 70.0 Å². The highest BCUT2D eigenvalue weighted by Gasteiger charge is 2.10. The van der Waals surface area contributed by atoms with E-state index in [0.717, 1.165) is 10.4 Å². The van der Waals surface area contributed by atoms with Gasteiger partial charge >= 0.3 is 0 Å². The number of rotatable bonds is 7. The van der Waals surface area contributed by atoms with Gasteiger partial charge in [-0.05, 0) is 57.2 Å². The van der Waals surface area contributed by atoms with Gasteiger partial charge in [0.15, 0.2) is 0 Å². The molecular weight excluding hydrogens is 462 g/mol. The second-order valence-corrected chi connectivity index (χ2v) is 8.07. The molecule has 0 bridgehead atoms. The molecule has 30 heavy (non-hydrogen) atoms. The third-order valence-corrected chi connectivity index (χ3v) is 5.65. The van der Waals surface area contributed by atoms with Crippen LogP contribution < -0.4 is 10.1 Å². The van der Waals surface area contributed by atoms with Gasteiger partial charge in [0.25, 0.3) is 5.91 Å². The molecule has 0 saturated carbocycles. The number of nitrogens with zero attached hydrogens (tertiary/aromatic N) is 2. The Morgan fingerprint density at radius 1 is 1.17 bits per heavy atom. The summed E-state index contributed by atoms with van der Waals surface area (Å²) in [6.45, 7) is 0.641. The molecule has 0 aliphatic heterocycles. The van der Waals surface area contributed by atoms with Crippen LogP contribution in [0.3, 0.4) is 0 Å². The van der Waals surface area contributed by atoms with Crippen LogP contribution in [0.1, 0.15) is 21.6 Å². The summed E-state index contributed by atoms with van der Waals surface area (Å²) in [6.07, 6.45) is 1.53. The number of nitrogens with one attached hydrogen (secondary N) is 1. The topological polar surface area (TPSA) is 85.9 Å². The molecule has 1 amide bonds. The van der Waals surface area contributed by atoms with Gasteiger partial charge in [-0.25, -0.2) is 0 Å². The molecule has 0 unspecified atom stereocenters. The maximum absolute atomic E-state index is 12.3. The van der Waals surface area contributed by atoms with Crippen LogP contribution in [0.25, 0.3) is 6.08 Å². The summed E-state index contributed by atoms with van der Waals surface area (Å²) >= 11 is 5.00. The number of benzene rings is 2. The lowest BCUT2D eigenvalue weighted by Crippen LogP contribution is -2.23. The minimum atomic E-state index is -0.421. The standard InChI is InChI=1S/C23H16BrN3O2S/c24-21-11-16(10-19(13-26)23(28)27-14-20-6-3-9-30-20)7-8-22(21)29-15-18-5-2-1-4-17(18)12-25/h1-11H,14-15H2,(H,27,28)/b19-10+. The van der Waals surface area contributed by atoms with Crippen LogP contribution >= 0.6 is 27.3 Å². The van der Waals surface area contributed by atoms with E-state index in [-0.39, 0.29) is 12.2 Å². The highest BCUT2D eigenvalue weighted by atomic mass is 79.9. The molecule has 0 aliphatic rings. The first kappa shape index (κ1) is 21.3. The summed E-state index contributed by atoms with van der Waals surface area (Å²) in [5.41, 5.74) is 2.08. The SMILES string of the molecule is N#C/C(=C\c1ccc(OCc2ccccc2C#N)c(Br)c1)C(=O)NCc1cccs1. The average molecular weight is 478 g/mol. The fraction of sp³-hybridized carbons (Fsp3) is 0.0870. The van der Waals surface area contributed by atoms with Crippen molar-refractivity contribution in [2.75, 3.05) is 0 Å². The lowest BCUT2D eigenvalue weighted by Gasteiger charge is -2.10. The first-order valence-corrected chi connectivity index (χ1v) is 10.6. The summed E-state index contributed by atoms with van der Waals surface area (Å²) in [7, 11) is 0. The molecular formula is C23H16BrN3O2S. The van der Waals surface area contributed by atoms with Crippen LogP contribution in [0.4, 0.5) is 0 Å². The van der Waals surface area contributed by atoms with Crippen molar-refractivity contribution in [2.45, 2.75) is 13.2 Å². The van der Waals surface area contributed by atoms with Gasteiger partial charge in [0.2, 0.25) is 0 Å². The Bertz CT molecular complexity index is 1160. The summed E-state index contributed by atoms with van der Waals surface area (Å²) < 4.78 is 6.50. The molecule has 3 rings (SSSR count). The zero-order valence-corrected chi connectivity index (χ0v) is 18.2. The summed E-state index contributed by atoms with van der Waals surface area (Å²) in [5, 5.41) is 23.2. The Kier molecular flexibility index (Phi) is 7.40. The molecule has 1 N–H and O–H groups in total. The lowest BCUT2D eigenvalue weighted by atomic mass is 10.1. The second-order valence-electron chi connectivity index (χ2n) is 6.18. The number of ether oxygens (including phenoxy) is 1. The molecule has 0 aliphatic carbocycles. The Hall–Kier alpha value is -3.39. The van der Waals surface area contributed by atoms with E-state index in [2.05, 4.69) is 27.3 Å². The second kappa shape index (κ2) is 10.4. The molecule has 0 fully saturated rings. The van der Waals surface area contributed by atoms with Crippen LogP contribution in [0, 0.1) is 22.7 Å². The van der Waals surface area contributed by atoms with Crippen molar-refractivity contribution < 1.29 is 9.53 Å². The van der Waals surface area contributed by atoms with Crippen molar-refractivity contribution in [2.24, 2.45) is 0 Å². The number of carbonyl (C=O) groups excluding carboxylic acids is 1. The molecule has 7 heteroatoms. The average Bonchev–Trinajstić information content (AvgIpc) is 3.29. The van der Waals surface area contributed by atoms with Crippen LogP contribution in [-0.2, 0) is 17.9 Å². The number of carbonyl (C=O) groups is 1. The fourth-order valence-electron chi connectivity index (χ4n) is 2.63. The fourth-order valence-corrected chi connectivity index (χ4v) is 3.78. The van der Waals surface area contributed by atoms with Gasteiger partial charge in [-0.15, -0.1) is 11.3 Å². The van der Waals surface area contributed by atoms with Crippen LogP contribution in [0.2, 0.25) is 0 Å². The van der Waals surface area contributed by atoms with Crippen molar-refractivity contribution >= 4 is 39.2 Å². The van der Waals surface area contributed by atoms with Crippen molar-refractivity contribution in [3.63, 3.8) is 0 Å². The number of halogens is 1. The zero-order valence-electron chi connectivity index (χ0n) is 15.8. The number of nitriles is 2. The monoisotopic (exact) mass is 477 g/mol. The molecule has 0 saturated heterocycles. The Morgan fingerprint density at radius 3 is 2.70 bits per heavy atom. The minimum Gasteiger partial charge on any atom is -0.488 e. The van der Waals surface area contributed by atoms with E-state index in [0.29, 0.717) is 27.9 Å². The van der Waals surface area contributed by atoms with Gasteiger partial charge in [-0.2, -0.15) is 10.5 Å². The molecule has 0 atom stereocenters. The third-order valence-electron chi connectivity index (χ3n) is 4.16. The third kappa shape index (κ3) is 5.57. The van der Waals surface area contributed by atoms with Gasteiger partial charge < -0.3 is 10.1 Å². The van der Waals surface area contributed by atoms with E-state index >= 15 is 0 Å². The van der Waals surface area contributed by atoms with Gasteiger partial charge in [-0.3, -0.25) is 4.79 Å². The predicted octanol–water partition coefficient (Wildman–Crippen LogP) is 5.18. The van der Waals surface area contributed by atoms with E-state index in [4.69, 9.17) is 4.74 Å². The summed E-state index contributed by atoms with van der Waals surface area (Å²) in [4.78, 5) is 13.3. The molecule has 2 aromatic carbocycles. The Labute approximate surface area is 187 Å². The van der Waals surface area contributed by atoms with Gasteiger partial charge in [0.05, 0.1) is 22.7 Å².